The van der Waals surface area contributed by atoms with Crippen LogP contribution >= 0.6 is 0 Å². The second kappa shape index (κ2) is 8.17. The fourth-order valence-electron chi connectivity index (χ4n) is 1.52. The van der Waals surface area contributed by atoms with Gasteiger partial charge in [-0.2, -0.15) is 0 Å². The van der Waals surface area contributed by atoms with Crippen LogP contribution in [0.1, 0.15) is 39.5 Å². The molecule has 0 aliphatic heterocycles. The summed E-state index contributed by atoms with van der Waals surface area (Å²) in [5.74, 6) is 0.709. The van der Waals surface area contributed by atoms with Crippen LogP contribution in [0.3, 0.4) is 0 Å². The first kappa shape index (κ1) is 16.0. The van der Waals surface area contributed by atoms with Gasteiger partial charge in [-0.15, -0.1) is 0 Å². The zero-order chi connectivity index (χ0) is 14.1. The molecule has 5 heteroatoms. The molecule has 1 aromatic rings. The van der Waals surface area contributed by atoms with E-state index in [9.17, 15) is 8.42 Å². The summed E-state index contributed by atoms with van der Waals surface area (Å²) in [7, 11) is -3.38. The van der Waals surface area contributed by atoms with E-state index in [1.165, 1.54) is 0 Å². The van der Waals surface area contributed by atoms with Crippen LogP contribution in [0, 0.1) is 0 Å². The van der Waals surface area contributed by atoms with Gasteiger partial charge < -0.3 is 4.74 Å². The summed E-state index contributed by atoms with van der Waals surface area (Å²) >= 11 is 0. The Balaban J connectivity index is 2.59. The van der Waals surface area contributed by atoms with E-state index in [4.69, 9.17) is 4.74 Å². The van der Waals surface area contributed by atoms with Crippen molar-refractivity contribution in [2.45, 2.75) is 44.4 Å². The van der Waals surface area contributed by atoms with Crippen LogP contribution in [0.4, 0.5) is 0 Å². The van der Waals surface area contributed by atoms with Gasteiger partial charge in [-0.1, -0.05) is 26.7 Å². The summed E-state index contributed by atoms with van der Waals surface area (Å²) in [6.07, 6.45) is 3.89. The van der Waals surface area contributed by atoms with Crippen molar-refractivity contribution in [3.8, 4) is 5.75 Å². The van der Waals surface area contributed by atoms with Crippen molar-refractivity contribution in [2.75, 3.05) is 13.2 Å². The summed E-state index contributed by atoms with van der Waals surface area (Å²) in [5.41, 5.74) is 0. The molecule has 0 bridgehead atoms. The third-order valence-corrected chi connectivity index (χ3v) is 4.20. The molecular weight excluding hydrogens is 262 g/mol. The van der Waals surface area contributed by atoms with Crippen LogP contribution in [0.25, 0.3) is 0 Å². The average Bonchev–Trinajstić information content (AvgIpc) is 2.40. The van der Waals surface area contributed by atoms with Crippen LogP contribution in [0.2, 0.25) is 0 Å². The van der Waals surface area contributed by atoms with Crippen molar-refractivity contribution in [1.82, 2.24) is 4.72 Å². The summed E-state index contributed by atoms with van der Waals surface area (Å²) in [5, 5.41) is 0. The molecule has 0 atom stereocenters. The molecule has 0 amide bonds. The first-order chi connectivity index (χ1) is 9.10. The zero-order valence-electron chi connectivity index (χ0n) is 11.7. The molecule has 108 valence electrons. The summed E-state index contributed by atoms with van der Waals surface area (Å²) in [6.45, 7) is 5.27. The molecule has 0 fully saturated rings. The first-order valence-electron chi connectivity index (χ1n) is 6.82. The number of ether oxygens (including phenoxy) is 1. The Morgan fingerprint density at radius 3 is 2.26 bits per heavy atom. The van der Waals surface area contributed by atoms with Gasteiger partial charge in [-0.05, 0) is 37.1 Å². The van der Waals surface area contributed by atoms with Crippen LogP contribution in [-0.2, 0) is 10.0 Å². The lowest BCUT2D eigenvalue weighted by Crippen LogP contribution is -2.24. The van der Waals surface area contributed by atoms with Gasteiger partial charge in [0, 0.05) is 6.54 Å². The number of hydrogen-bond donors (Lipinski definition) is 1. The number of rotatable bonds is 9. The Labute approximate surface area is 116 Å². The van der Waals surface area contributed by atoms with Gasteiger partial charge in [0.15, 0.2) is 0 Å². The Hall–Kier alpha value is -1.07. The molecule has 0 aliphatic rings. The highest BCUT2D eigenvalue weighted by Crippen LogP contribution is 2.16. The van der Waals surface area contributed by atoms with Gasteiger partial charge in [0.05, 0.1) is 11.5 Å². The Morgan fingerprint density at radius 2 is 1.68 bits per heavy atom. The van der Waals surface area contributed by atoms with E-state index in [0.717, 1.165) is 25.7 Å². The molecule has 0 aliphatic carbocycles. The topological polar surface area (TPSA) is 55.4 Å². The van der Waals surface area contributed by atoms with E-state index in [2.05, 4.69) is 11.6 Å². The molecule has 0 aromatic heterocycles. The monoisotopic (exact) mass is 285 g/mol. The molecule has 1 rings (SSSR count). The van der Waals surface area contributed by atoms with Crippen LogP contribution in [-0.4, -0.2) is 21.6 Å². The third kappa shape index (κ3) is 5.61. The number of hydrogen-bond acceptors (Lipinski definition) is 3. The number of sulfonamides is 1. The Kier molecular flexibility index (Phi) is 6.87. The standard InChI is InChI=1S/C14H23NO3S/c1-3-5-11-15-19(16,17)14-9-7-13(8-10-14)18-12-6-4-2/h7-10,15H,3-6,11-12H2,1-2H3. The van der Waals surface area contributed by atoms with Gasteiger partial charge in [0.1, 0.15) is 5.75 Å². The van der Waals surface area contributed by atoms with Gasteiger partial charge in [-0.25, -0.2) is 13.1 Å². The minimum atomic E-state index is -3.38. The van der Waals surface area contributed by atoms with Gasteiger partial charge in [-0.3, -0.25) is 0 Å². The molecular formula is C14H23NO3S. The molecule has 0 saturated carbocycles. The normalized spacial score (nSPS) is 11.5. The molecule has 0 spiro atoms. The van der Waals surface area contributed by atoms with Gasteiger partial charge in [0.2, 0.25) is 10.0 Å². The first-order valence-corrected chi connectivity index (χ1v) is 8.31. The smallest absolute Gasteiger partial charge is 0.240 e. The molecule has 0 heterocycles. The molecule has 0 unspecified atom stereocenters. The van der Waals surface area contributed by atoms with E-state index >= 15 is 0 Å². The fraction of sp³-hybridized carbons (Fsp3) is 0.571. The second-order valence-electron chi connectivity index (χ2n) is 4.42. The van der Waals surface area contributed by atoms with Crippen LogP contribution < -0.4 is 9.46 Å². The average molecular weight is 285 g/mol. The van der Waals surface area contributed by atoms with E-state index in [1.807, 2.05) is 6.92 Å². The maximum absolute atomic E-state index is 11.9. The number of benzene rings is 1. The van der Waals surface area contributed by atoms with Gasteiger partial charge in [0.25, 0.3) is 0 Å². The largest absolute Gasteiger partial charge is 0.494 e. The lowest BCUT2D eigenvalue weighted by molar-refractivity contribution is 0.309. The van der Waals surface area contributed by atoms with Crippen molar-refractivity contribution in [3.63, 3.8) is 0 Å². The lowest BCUT2D eigenvalue weighted by atomic mass is 10.3. The predicted octanol–water partition coefficient (Wildman–Crippen LogP) is 2.94. The highest BCUT2D eigenvalue weighted by Gasteiger charge is 2.12. The van der Waals surface area contributed by atoms with Crippen molar-refractivity contribution < 1.29 is 13.2 Å². The molecule has 1 aromatic carbocycles. The lowest BCUT2D eigenvalue weighted by Gasteiger charge is -2.08. The molecule has 19 heavy (non-hydrogen) atoms. The van der Waals surface area contributed by atoms with Crippen LogP contribution in [0.15, 0.2) is 29.2 Å². The molecule has 4 nitrogen and oxygen atoms in total. The summed E-state index contributed by atoms with van der Waals surface area (Å²) in [6, 6.07) is 6.55. The van der Waals surface area contributed by atoms with Crippen molar-refractivity contribution in [3.05, 3.63) is 24.3 Å². The predicted molar refractivity (Wildman–Crippen MR) is 76.9 cm³/mol. The summed E-state index contributed by atoms with van der Waals surface area (Å²) in [4.78, 5) is 0.284. The quantitative estimate of drug-likeness (QED) is 0.710. The van der Waals surface area contributed by atoms with E-state index < -0.39 is 10.0 Å². The highest BCUT2D eigenvalue weighted by atomic mass is 32.2. The van der Waals surface area contributed by atoms with Crippen LogP contribution in [0.5, 0.6) is 5.75 Å². The minimum absolute atomic E-state index is 0.284. The van der Waals surface area contributed by atoms with E-state index in [1.54, 1.807) is 24.3 Å². The van der Waals surface area contributed by atoms with E-state index in [0.29, 0.717) is 18.9 Å². The Bertz CT molecular complexity index is 454. The molecule has 0 radical (unpaired) electrons. The number of unbranched alkanes of at least 4 members (excludes halogenated alkanes) is 2. The maximum Gasteiger partial charge on any atom is 0.240 e. The van der Waals surface area contributed by atoms with Crippen molar-refractivity contribution in [2.24, 2.45) is 0 Å². The molecule has 1 N–H and O–H groups in total. The minimum Gasteiger partial charge on any atom is -0.494 e. The maximum atomic E-state index is 11.9. The fourth-order valence-corrected chi connectivity index (χ4v) is 2.59. The number of nitrogens with one attached hydrogen (secondary N) is 1. The Morgan fingerprint density at radius 1 is 1.05 bits per heavy atom. The zero-order valence-corrected chi connectivity index (χ0v) is 12.5. The SMILES string of the molecule is CCCCNS(=O)(=O)c1ccc(OCCCC)cc1. The third-order valence-electron chi connectivity index (χ3n) is 2.72. The molecule has 0 saturated heterocycles. The van der Waals surface area contributed by atoms with Crippen molar-refractivity contribution >= 4 is 10.0 Å². The van der Waals surface area contributed by atoms with Gasteiger partial charge >= 0.3 is 0 Å². The summed E-state index contributed by atoms with van der Waals surface area (Å²) < 4.78 is 31.9. The van der Waals surface area contributed by atoms with Crippen molar-refractivity contribution in [1.29, 1.82) is 0 Å². The van der Waals surface area contributed by atoms with E-state index in [-0.39, 0.29) is 4.90 Å². The second-order valence-corrected chi connectivity index (χ2v) is 6.19. The highest BCUT2D eigenvalue weighted by molar-refractivity contribution is 7.89.